The monoisotopic (exact) mass is 152 g/mol. The zero-order valence-electron chi connectivity index (χ0n) is 7.84. The van der Waals surface area contributed by atoms with Crippen LogP contribution in [0.25, 0.3) is 0 Å². The van der Waals surface area contributed by atoms with Crippen LogP contribution in [0.2, 0.25) is 0 Å². The van der Waals surface area contributed by atoms with Gasteiger partial charge < -0.3 is 0 Å². The molecule has 0 aromatic carbocycles. The molecule has 0 aromatic heterocycles. The van der Waals surface area contributed by atoms with Gasteiger partial charge in [0, 0.05) is 0 Å². The summed E-state index contributed by atoms with van der Waals surface area (Å²) in [5.41, 5.74) is 0. The van der Waals surface area contributed by atoms with Gasteiger partial charge in [0.1, 0.15) is 0 Å². The van der Waals surface area contributed by atoms with Gasteiger partial charge in [-0.25, -0.2) is 0 Å². The van der Waals surface area contributed by atoms with Crippen molar-refractivity contribution in [3.8, 4) is 0 Å². The summed E-state index contributed by atoms with van der Waals surface area (Å²) >= 11 is 0. The van der Waals surface area contributed by atoms with Crippen molar-refractivity contribution in [2.75, 3.05) is 0 Å². The van der Waals surface area contributed by atoms with Gasteiger partial charge in [-0.15, -0.1) is 0 Å². The maximum Gasteiger partial charge on any atom is -0.0386 e. The molecule has 4 atom stereocenters. The van der Waals surface area contributed by atoms with E-state index in [0.717, 1.165) is 23.7 Å². The predicted octanol–water partition coefficient (Wildman–Crippen LogP) is 3.47. The lowest BCUT2D eigenvalue weighted by Gasteiger charge is -2.42. The van der Waals surface area contributed by atoms with E-state index in [-0.39, 0.29) is 0 Å². The summed E-state index contributed by atoms with van der Waals surface area (Å²) in [6.45, 7) is 4.92. The molecule has 0 amide bonds. The Hall–Kier alpha value is 0. The van der Waals surface area contributed by atoms with Crippen molar-refractivity contribution in [3.63, 3.8) is 0 Å². The zero-order chi connectivity index (χ0) is 7.84. The first-order chi connectivity index (χ1) is 5.27. The van der Waals surface area contributed by atoms with E-state index in [1.807, 2.05) is 0 Å². The second-order valence-corrected chi connectivity index (χ2v) is 4.88. The second kappa shape index (κ2) is 2.80. The molecule has 4 unspecified atom stereocenters. The smallest absolute Gasteiger partial charge is 0.0386 e. The molecule has 2 fully saturated rings. The highest BCUT2D eigenvalue weighted by molar-refractivity contribution is 4.85. The number of hydrogen-bond donors (Lipinski definition) is 0. The van der Waals surface area contributed by atoms with Gasteiger partial charge in [-0.2, -0.15) is 0 Å². The van der Waals surface area contributed by atoms with Gasteiger partial charge in [-0.3, -0.25) is 0 Å². The maximum atomic E-state index is 2.46. The summed E-state index contributed by atoms with van der Waals surface area (Å²) in [7, 11) is 0. The van der Waals surface area contributed by atoms with Gasteiger partial charge in [0.2, 0.25) is 0 Å². The maximum absolute atomic E-state index is 2.46. The first kappa shape index (κ1) is 7.64. The first-order valence-electron chi connectivity index (χ1n) is 5.27. The van der Waals surface area contributed by atoms with Crippen molar-refractivity contribution in [2.24, 2.45) is 23.7 Å². The standard InChI is InChI=1S/C11H20/c1-8-6-9(2)11-5-3-4-10(8)7-11/h8-11H,3-7H2,1-2H3. The molecule has 0 heterocycles. The van der Waals surface area contributed by atoms with Crippen LogP contribution in [0.5, 0.6) is 0 Å². The van der Waals surface area contributed by atoms with Crippen LogP contribution in [0.3, 0.4) is 0 Å². The van der Waals surface area contributed by atoms with E-state index >= 15 is 0 Å². The summed E-state index contributed by atoms with van der Waals surface area (Å²) in [6, 6.07) is 0. The van der Waals surface area contributed by atoms with E-state index in [4.69, 9.17) is 0 Å². The zero-order valence-corrected chi connectivity index (χ0v) is 7.84. The molecule has 0 N–H and O–H groups in total. The van der Waals surface area contributed by atoms with Gasteiger partial charge in [-0.1, -0.05) is 33.1 Å². The van der Waals surface area contributed by atoms with Crippen molar-refractivity contribution in [2.45, 2.75) is 46.0 Å². The fourth-order valence-electron chi connectivity index (χ4n) is 3.27. The molecule has 0 aliphatic heterocycles. The number of hydrogen-bond acceptors (Lipinski definition) is 0. The van der Waals surface area contributed by atoms with E-state index in [2.05, 4.69) is 13.8 Å². The number of fused-ring (bicyclic) bond motifs is 2. The molecule has 2 rings (SSSR count). The molecule has 0 radical (unpaired) electrons. The molecule has 2 aliphatic rings. The van der Waals surface area contributed by atoms with Gasteiger partial charge in [0.25, 0.3) is 0 Å². The highest BCUT2D eigenvalue weighted by Gasteiger charge is 2.34. The van der Waals surface area contributed by atoms with Crippen LogP contribution in [0.4, 0.5) is 0 Å². The third-order valence-electron chi connectivity index (χ3n) is 4.11. The largest absolute Gasteiger partial charge is 0.0622 e. The van der Waals surface area contributed by atoms with Crippen molar-refractivity contribution in [3.05, 3.63) is 0 Å². The van der Waals surface area contributed by atoms with Crippen LogP contribution in [0.1, 0.15) is 46.0 Å². The third kappa shape index (κ3) is 1.32. The minimum atomic E-state index is 1.03. The average molecular weight is 152 g/mol. The Morgan fingerprint density at radius 1 is 0.818 bits per heavy atom. The Labute approximate surface area is 70.4 Å². The van der Waals surface area contributed by atoms with Crippen molar-refractivity contribution in [1.29, 1.82) is 0 Å². The topological polar surface area (TPSA) is 0 Å². The van der Waals surface area contributed by atoms with Gasteiger partial charge in [0.15, 0.2) is 0 Å². The molecule has 2 saturated carbocycles. The van der Waals surface area contributed by atoms with Crippen molar-refractivity contribution in [1.82, 2.24) is 0 Å². The minimum absolute atomic E-state index is 1.03. The lowest BCUT2D eigenvalue weighted by molar-refractivity contribution is 0.0829. The fourth-order valence-corrected chi connectivity index (χ4v) is 3.27. The van der Waals surface area contributed by atoms with Crippen LogP contribution in [-0.4, -0.2) is 0 Å². The highest BCUT2D eigenvalue weighted by atomic mass is 14.4. The van der Waals surface area contributed by atoms with Crippen LogP contribution in [0.15, 0.2) is 0 Å². The molecule has 0 nitrogen and oxygen atoms in total. The predicted molar refractivity (Wildman–Crippen MR) is 48.4 cm³/mol. The SMILES string of the molecule is CC1CC(C)C2CCCC1C2. The Morgan fingerprint density at radius 2 is 1.36 bits per heavy atom. The van der Waals surface area contributed by atoms with E-state index in [0.29, 0.717) is 0 Å². The van der Waals surface area contributed by atoms with E-state index in [9.17, 15) is 0 Å². The van der Waals surface area contributed by atoms with E-state index in [1.54, 1.807) is 6.42 Å². The average Bonchev–Trinajstić information content (AvgIpc) is 2.02. The summed E-state index contributed by atoms with van der Waals surface area (Å²) in [5, 5.41) is 0. The summed E-state index contributed by atoms with van der Waals surface area (Å²) < 4.78 is 0. The fraction of sp³-hybridized carbons (Fsp3) is 1.00. The molecule has 0 saturated heterocycles. The number of rotatable bonds is 0. The van der Waals surface area contributed by atoms with Crippen molar-refractivity contribution < 1.29 is 0 Å². The van der Waals surface area contributed by atoms with Crippen molar-refractivity contribution >= 4 is 0 Å². The minimum Gasteiger partial charge on any atom is -0.0622 e. The molecular weight excluding hydrogens is 132 g/mol. The Kier molecular flexibility index (Phi) is 1.95. The quantitative estimate of drug-likeness (QED) is 0.498. The van der Waals surface area contributed by atoms with Gasteiger partial charge in [0.05, 0.1) is 0 Å². The first-order valence-corrected chi connectivity index (χ1v) is 5.27. The Morgan fingerprint density at radius 3 is 1.91 bits per heavy atom. The van der Waals surface area contributed by atoms with Crippen LogP contribution in [-0.2, 0) is 0 Å². The Bertz CT molecular complexity index is 125. The molecule has 11 heavy (non-hydrogen) atoms. The highest BCUT2D eigenvalue weighted by Crippen LogP contribution is 2.45. The molecule has 2 bridgehead atoms. The Balaban J connectivity index is 2.05. The van der Waals surface area contributed by atoms with Gasteiger partial charge >= 0.3 is 0 Å². The molecule has 0 aromatic rings. The molecule has 2 aliphatic carbocycles. The van der Waals surface area contributed by atoms with E-state index < -0.39 is 0 Å². The van der Waals surface area contributed by atoms with Gasteiger partial charge in [-0.05, 0) is 36.5 Å². The molecule has 0 spiro atoms. The second-order valence-electron chi connectivity index (χ2n) is 4.88. The molecular formula is C11H20. The normalized spacial score (nSPS) is 50.7. The van der Waals surface area contributed by atoms with Crippen LogP contribution < -0.4 is 0 Å². The van der Waals surface area contributed by atoms with Crippen LogP contribution in [0, 0.1) is 23.7 Å². The molecule has 64 valence electrons. The third-order valence-corrected chi connectivity index (χ3v) is 4.11. The summed E-state index contributed by atoms with van der Waals surface area (Å²) in [6.07, 6.45) is 7.65. The summed E-state index contributed by atoms with van der Waals surface area (Å²) in [4.78, 5) is 0. The molecule has 0 heteroatoms. The van der Waals surface area contributed by atoms with E-state index in [1.165, 1.54) is 25.7 Å². The summed E-state index contributed by atoms with van der Waals surface area (Å²) in [5.74, 6) is 4.26. The lowest BCUT2D eigenvalue weighted by Crippen LogP contribution is -2.32. The lowest BCUT2D eigenvalue weighted by atomic mass is 9.63. The van der Waals surface area contributed by atoms with Crippen LogP contribution >= 0.6 is 0 Å².